The van der Waals surface area contributed by atoms with Gasteiger partial charge in [-0.05, 0) is 42.1 Å². The number of thiophene rings is 1. The van der Waals surface area contributed by atoms with E-state index in [9.17, 15) is 0 Å². The Morgan fingerprint density at radius 1 is 1.11 bits per heavy atom. The molecular weight excluding hydrogens is 262 g/mol. The van der Waals surface area contributed by atoms with Crippen LogP contribution >= 0.6 is 22.9 Å². The van der Waals surface area contributed by atoms with E-state index >= 15 is 0 Å². The molecule has 0 amide bonds. The highest BCUT2D eigenvalue weighted by Gasteiger charge is 2.04. The Morgan fingerprint density at radius 3 is 2.72 bits per heavy atom. The summed E-state index contributed by atoms with van der Waals surface area (Å²) in [5.74, 6) is 0. The van der Waals surface area contributed by atoms with Crippen LogP contribution in [0.15, 0.2) is 42.6 Å². The Labute approximate surface area is 116 Å². The predicted octanol–water partition coefficient (Wildman–Crippen LogP) is 4.97. The van der Waals surface area contributed by atoms with Crippen molar-refractivity contribution >= 4 is 33.8 Å². The zero-order valence-electron chi connectivity index (χ0n) is 10.2. The molecule has 3 heteroatoms. The van der Waals surface area contributed by atoms with Crippen molar-refractivity contribution in [1.82, 2.24) is 4.57 Å². The lowest BCUT2D eigenvalue weighted by atomic mass is 10.2. The van der Waals surface area contributed by atoms with Gasteiger partial charge in [-0.15, -0.1) is 11.3 Å². The topological polar surface area (TPSA) is 4.93 Å². The van der Waals surface area contributed by atoms with Crippen molar-refractivity contribution in [2.24, 2.45) is 0 Å². The lowest BCUT2D eigenvalue weighted by Crippen LogP contribution is -1.95. The summed E-state index contributed by atoms with van der Waals surface area (Å²) < 4.78 is 2.26. The highest BCUT2D eigenvalue weighted by Crippen LogP contribution is 2.23. The smallest absolute Gasteiger partial charge is 0.0569 e. The molecule has 0 saturated heterocycles. The van der Waals surface area contributed by atoms with Crippen LogP contribution in [-0.4, -0.2) is 4.57 Å². The minimum atomic E-state index is 0.794. The van der Waals surface area contributed by atoms with E-state index in [1.54, 1.807) is 0 Å². The fraction of sp³-hybridized carbons (Fsp3) is 0.200. The van der Waals surface area contributed by atoms with Crippen molar-refractivity contribution in [3.63, 3.8) is 0 Å². The van der Waals surface area contributed by atoms with Crippen LogP contribution in [0.2, 0.25) is 5.02 Å². The minimum absolute atomic E-state index is 0.794. The van der Waals surface area contributed by atoms with Crippen LogP contribution in [-0.2, 0) is 13.0 Å². The number of hydrogen-bond acceptors (Lipinski definition) is 1. The standard InChI is InChI=1S/C15H14ClNS/c1-2-13-5-6-14(18-13)10-17-8-7-11-3-4-12(16)9-15(11)17/h3-9H,2,10H2,1H3. The Morgan fingerprint density at radius 2 is 1.94 bits per heavy atom. The van der Waals surface area contributed by atoms with Gasteiger partial charge in [0.2, 0.25) is 0 Å². The van der Waals surface area contributed by atoms with Crippen molar-refractivity contribution in [2.75, 3.05) is 0 Å². The zero-order valence-corrected chi connectivity index (χ0v) is 11.8. The highest BCUT2D eigenvalue weighted by molar-refractivity contribution is 7.11. The first-order valence-electron chi connectivity index (χ1n) is 6.08. The molecule has 92 valence electrons. The molecule has 0 aliphatic heterocycles. The third-order valence-electron chi connectivity index (χ3n) is 3.13. The number of rotatable bonds is 3. The van der Waals surface area contributed by atoms with Gasteiger partial charge in [-0.25, -0.2) is 0 Å². The summed E-state index contributed by atoms with van der Waals surface area (Å²) in [5.41, 5.74) is 1.20. The van der Waals surface area contributed by atoms with Crippen LogP contribution in [0.3, 0.4) is 0 Å². The molecule has 0 atom stereocenters. The van der Waals surface area contributed by atoms with Crippen molar-refractivity contribution in [2.45, 2.75) is 19.9 Å². The fourth-order valence-corrected chi connectivity index (χ4v) is 3.28. The molecule has 2 aromatic heterocycles. The van der Waals surface area contributed by atoms with E-state index in [1.807, 2.05) is 23.5 Å². The Kier molecular flexibility index (Phi) is 3.14. The summed E-state index contributed by atoms with van der Waals surface area (Å²) in [6.45, 7) is 3.12. The largest absolute Gasteiger partial charge is 0.342 e. The first-order chi connectivity index (χ1) is 8.76. The minimum Gasteiger partial charge on any atom is -0.342 e. The number of benzene rings is 1. The van der Waals surface area contributed by atoms with Crippen molar-refractivity contribution in [1.29, 1.82) is 0 Å². The van der Waals surface area contributed by atoms with Crippen LogP contribution in [0.1, 0.15) is 16.7 Å². The van der Waals surface area contributed by atoms with Crippen molar-refractivity contribution in [3.8, 4) is 0 Å². The van der Waals surface area contributed by atoms with Crippen LogP contribution in [0.4, 0.5) is 0 Å². The lowest BCUT2D eigenvalue weighted by Gasteiger charge is -2.03. The van der Waals surface area contributed by atoms with Gasteiger partial charge in [-0.2, -0.15) is 0 Å². The van der Waals surface area contributed by atoms with Crippen molar-refractivity contribution < 1.29 is 0 Å². The summed E-state index contributed by atoms with van der Waals surface area (Å²) in [7, 11) is 0. The molecule has 0 N–H and O–H groups in total. The molecule has 3 aromatic rings. The first-order valence-corrected chi connectivity index (χ1v) is 7.27. The lowest BCUT2D eigenvalue weighted by molar-refractivity contribution is 0.852. The molecule has 0 aliphatic rings. The van der Waals surface area contributed by atoms with Gasteiger partial charge in [0.1, 0.15) is 0 Å². The van der Waals surface area contributed by atoms with Gasteiger partial charge >= 0.3 is 0 Å². The molecule has 0 unspecified atom stereocenters. The maximum absolute atomic E-state index is 6.07. The molecule has 18 heavy (non-hydrogen) atoms. The number of aromatic nitrogens is 1. The quantitative estimate of drug-likeness (QED) is 0.636. The third kappa shape index (κ3) is 2.18. The first kappa shape index (κ1) is 11.8. The Hall–Kier alpha value is -1.25. The summed E-state index contributed by atoms with van der Waals surface area (Å²) >= 11 is 7.96. The van der Waals surface area contributed by atoms with Crippen LogP contribution in [0.5, 0.6) is 0 Å². The molecule has 2 heterocycles. The van der Waals surface area contributed by atoms with Crippen molar-refractivity contribution in [3.05, 3.63) is 57.4 Å². The number of halogens is 1. The number of hydrogen-bond donors (Lipinski definition) is 0. The molecule has 0 fully saturated rings. The van der Waals surface area contributed by atoms with Gasteiger partial charge in [0.05, 0.1) is 6.54 Å². The van der Waals surface area contributed by atoms with E-state index in [2.05, 4.69) is 42.0 Å². The second kappa shape index (κ2) is 4.79. The number of fused-ring (bicyclic) bond motifs is 1. The summed E-state index contributed by atoms with van der Waals surface area (Å²) in [4.78, 5) is 2.84. The van der Waals surface area contributed by atoms with Gasteiger partial charge in [0.25, 0.3) is 0 Å². The van der Waals surface area contributed by atoms with Gasteiger partial charge < -0.3 is 4.57 Å². The molecule has 0 radical (unpaired) electrons. The van der Waals surface area contributed by atoms with E-state index in [0.717, 1.165) is 18.0 Å². The van der Waals surface area contributed by atoms with Crippen LogP contribution < -0.4 is 0 Å². The molecule has 1 nitrogen and oxygen atoms in total. The molecule has 3 rings (SSSR count). The maximum Gasteiger partial charge on any atom is 0.0569 e. The van der Waals surface area contributed by atoms with E-state index in [4.69, 9.17) is 11.6 Å². The molecule has 0 aliphatic carbocycles. The fourth-order valence-electron chi connectivity index (χ4n) is 2.16. The van der Waals surface area contributed by atoms with Crippen LogP contribution in [0.25, 0.3) is 10.9 Å². The number of aryl methyl sites for hydroxylation is 1. The molecule has 0 bridgehead atoms. The van der Waals surface area contributed by atoms with E-state index in [1.165, 1.54) is 20.7 Å². The summed E-state index contributed by atoms with van der Waals surface area (Å²) in [6, 6.07) is 12.6. The van der Waals surface area contributed by atoms with Gasteiger partial charge in [-0.3, -0.25) is 0 Å². The predicted molar refractivity (Wildman–Crippen MR) is 79.7 cm³/mol. The van der Waals surface area contributed by atoms with Gasteiger partial charge in [0, 0.05) is 26.5 Å². The van der Waals surface area contributed by atoms with Gasteiger partial charge in [-0.1, -0.05) is 24.6 Å². The number of nitrogens with zero attached hydrogens (tertiary/aromatic N) is 1. The maximum atomic E-state index is 6.07. The molecule has 0 spiro atoms. The molecule has 1 aromatic carbocycles. The SMILES string of the molecule is CCc1ccc(Cn2ccc3ccc(Cl)cc32)s1. The van der Waals surface area contributed by atoms with E-state index < -0.39 is 0 Å². The third-order valence-corrected chi connectivity index (χ3v) is 4.58. The highest BCUT2D eigenvalue weighted by atomic mass is 35.5. The Balaban J connectivity index is 1.96. The summed E-state index contributed by atoms with van der Waals surface area (Å²) in [5, 5.41) is 2.04. The molecular formula is C15H14ClNS. The zero-order chi connectivity index (χ0) is 12.5. The summed E-state index contributed by atoms with van der Waals surface area (Å²) in [6.07, 6.45) is 3.25. The van der Waals surface area contributed by atoms with E-state index in [-0.39, 0.29) is 0 Å². The second-order valence-corrected chi connectivity index (χ2v) is 6.06. The molecule has 0 saturated carbocycles. The average Bonchev–Trinajstić information content (AvgIpc) is 2.97. The normalized spacial score (nSPS) is 11.2. The van der Waals surface area contributed by atoms with Gasteiger partial charge in [0.15, 0.2) is 0 Å². The second-order valence-electron chi connectivity index (χ2n) is 4.37. The Bertz CT molecular complexity index is 681. The average molecular weight is 276 g/mol. The monoisotopic (exact) mass is 275 g/mol. The van der Waals surface area contributed by atoms with Crippen LogP contribution in [0, 0.1) is 0 Å². The van der Waals surface area contributed by atoms with E-state index in [0.29, 0.717) is 0 Å².